The fourth-order valence-electron chi connectivity index (χ4n) is 4.17. The summed E-state index contributed by atoms with van der Waals surface area (Å²) in [5, 5.41) is 0. The van der Waals surface area contributed by atoms with Gasteiger partial charge in [-0.25, -0.2) is 0 Å². The van der Waals surface area contributed by atoms with Crippen LogP contribution >= 0.6 is 0 Å². The Hall–Kier alpha value is -4.36. The number of rotatable bonds is 6. The van der Waals surface area contributed by atoms with E-state index in [4.69, 9.17) is 0 Å². The van der Waals surface area contributed by atoms with Crippen LogP contribution in [-0.4, -0.2) is 0 Å². The van der Waals surface area contributed by atoms with Gasteiger partial charge in [0.1, 0.15) is 0 Å². The van der Waals surface area contributed by atoms with Crippen molar-refractivity contribution in [1.82, 2.24) is 0 Å². The Morgan fingerprint density at radius 1 is 0.471 bits per heavy atom. The zero-order valence-corrected chi connectivity index (χ0v) is 19.3. The minimum Gasteiger partial charge on any atom is -0.311 e. The van der Waals surface area contributed by atoms with E-state index in [9.17, 15) is 0 Å². The van der Waals surface area contributed by atoms with Crippen LogP contribution in [0.4, 0.5) is 17.1 Å². The van der Waals surface area contributed by atoms with Crippen molar-refractivity contribution in [3.8, 4) is 0 Å². The van der Waals surface area contributed by atoms with Crippen LogP contribution in [0.25, 0.3) is 11.6 Å². The van der Waals surface area contributed by atoms with E-state index in [1.54, 1.807) is 0 Å². The normalized spacial score (nSPS) is 11.3. The summed E-state index contributed by atoms with van der Waals surface area (Å²) in [7, 11) is 0. The summed E-state index contributed by atoms with van der Waals surface area (Å²) in [5.41, 5.74) is 9.50. The molecule has 0 amide bonds. The third-order valence-corrected chi connectivity index (χ3v) is 5.94. The Morgan fingerprint density at radius 2 is 0.912 bits per heavy atom. The molecular weight excluding hydrogens is 410 g/mol. The van der Waals surface area contributed by atoms with Crippen LogP contribution in [-0.2, 0) is 0 Å². The van der Waals surface area contributed by atoms with E-state index in [-0.39, 0.29) is 0 Å². The molecular formula is C33H27N. The van der Waals surface area contributed by atoms with Gasteiger partial charge < -0.3 is 4.90 Å². The molecule has 1 heteroatoms. The highest BCUT2D eigenvalue weighted by Crippen LogP contribution is 2.34. The van der Waals surface area contributed by atoms with E-state index >= 15 is 0 Å². The highest BCUT2D eigenvalue weighted by Gasteiger charge is 2.12. The lowest BCUT2D eigenvalue weighted by molar-refractivity contribution is 1.28. The molecule has 0 aliphatic heterocycles. The van der Waals surface area contributed by atoms with Gasteiger partial charge in [0.15, 0.2) is 0 Å². The lowest BCUT2D eigenvalue weighted by Gasteiger charge is -2.25. The van der Waals surface area contributed by atoms with Gasteiger partial charge in [-0.1, -0.05) is 109 Å². The lowest BCUT2D eigenvalue weighted by Crippen LogP contribution is -2.09. The molecule has 0 aliphatic carbocycles. The number of aryl methyl sites for hydroxylation is 1. The fraction of sp³-hybridized carbons (Fsp3) is 0.0303. The lowest BCUT2D eigenvalue weighted by atomic mass is 9.95. The van der Waals surface area contributed by atoms with Crippen molar-refractivity contribution in [2.45, 2.75) is 6.92 Å². The average Bonchev–Trinajstić information content (AvgIpc) is 2.91. The van der Waals surface area contributed by atoms with Crippen LogP contribution in [0.15, 0.2) is 140 Å². The third-order valence-electron chi connectivity index (χ3n) is 5.94. The van der Waals surface area contributed by atoms with Crippen molar-refractivity contribution in [2.24, 2.45) is 0 Å². The molecule has 0 saturated carbocycles. The highest BCUT2D eigenvalue weighted by atomic mass is 15.1. The monoisotopic (exact) mass is 437 g/mol. The number of benzene rings is 5. The largest absolute Gasteiger partial charge is 0.311 e. The van der Waals surface area contributed by atoms with Crippen LogP contribution in [0, 0.1) is 6.92 Å². The Morgan fingerprint density at radius 3 is 1.44 bits per heavy atom. The van der Waals surface area contributed by atoms with E-state index in [2.05, 4.69) is 157 Å². The molecule has 1 nitrogen and oxygen atoms in total. The molecule has 0 radical (unpaired) electrons. The Balaban J connectivity index is 1.54. The van der Waals surface area contributed by atoms with Crippen molar-refractivity contribution in [1.29, 1.82) is 0 Å². The minimum absolute atomic E-state index is 1.13. The van der Waals surface area contributed by atoms with E-state index in [0.717, 1.165) is 17.1 Å². The van der Waals surface area contributed by atoms with Gasteiger partial charge in [0.2, 0.25) is 0 Å². The van der Waals surface area contributed by atoms with Crippen molar-refractivity contribution in [2.75, 3.05) is 4.90 Å². The first-order valence-electron chi connectivity index (χ1n) is 11.6. The number of hydrogen-bond acceptors (Lipinski definition) is 1. The second-order valence-electron chi connectivity index (χ2n) is 8.39. The molecule has 0 bridgehead atoms. The highest BCUT2D eigenvalue weighted by molar-refractivity contribution is 5.91. The van der Waals surface area contributed by atoms with Gasteiger partial charge in [-0.2, -0.15) is 0 Å². The van der Waals surface area contributed by atoms with Crippen LogP contribution in [0.2, 0.25) is 0 Å². The summed E-state index contributed by atoms with van der Waals surface area (Å²) in [4.78, 5) is 2.28. The predicted molar refractivity (Wildman–Crippen MR) is 146 cm³/mol. The molecule has 5 aromatic rings. The summed E-state index contributed by atoms with van der Waals surface area (Å²) in [6, 6.07) is 49.1. The number of nitrogens with zero attached hydrogens (tertiary/aromatic N) is 1. The molecule has 0 unspecified atom stereocenters. The maximum Gasteiger partial charge on any atom is 0.0462 e. The standard InChI is InChI=1S/C33H27N/c1-26-17-21-29(22-18-26)33(28-11-5-2-6-12-28)25-27-19-23-32(24-20-27)34(30-13-7-3-8-14-30)31-15-9-4-10-16-31/h2-25H,1H3/b33-25-. The van der Waals surface area contributed by atoms with E-state index < -0.39 is 0 Å². The second-order valence-corrected chi connectivity index (χ2v) is 8.39. The van der Waals surface area contributed by atoms with Crippen molar-refractivity contribution in [3.05, 3.63) is 162 Å². The Kier molecular flexibility index (Phi) is 6.36. The maximum absolute atomic E-state index is 2.28. The quantitative estimate of drug-likeness (QED) is 0.239. The summed E-state index contributed by atoms with van der Waals surface area (Å²) >= 11 is 0. The van der Waals surface area contributed by atoms with E-state index in [1.807, 2.05) is 0 Å². The van der Waals surface area contributed by atoms with Crippen LogP contribution in [0.1, 0.15) is 22.3 Å². The molecule has 0 saturated heterocycles. The topological polar surface area (TPSA) is 3.24 Å². The molecule has 0 fully saturated rings. The summed E-state index contributed by atoms with van der Waals surface area (Å²) < 4.78 is 0. The van der Waals surface area contributed by atoms with Gasteiger partial charge in [-0.3, -0.25) is 0 Å². The SMILES string of the molecule is Cc1ccc(/C(=C\c2ccc(N(c3ccccc3)c3ccccc3)cc2)c2ccccc2)cc1. The molecule has 0 N–H and O–H groups in total. The molecule has 0 spiro atoms. The Labute approximate surface area is 202 Å². The van der Waals surface area contributed by atoms with Crippen molar-refractivity contribution < 1.29 is 0 Å². The van der Waals surface area contributed by atoms with Crippen molar-refractivity contribution in [3.63, 3.8) is 0 Å². The molecule has 0 atom stereocenters. The van der Waals surface area contributed by atoms with Gasteiger partial charge in [-0.15, -0.1) is 0 Å². The molecule has 0 aliphatic rings. The zero-order chi connectivity index (χ0) is 23.2. The van der Waals surface area contributed by atoms with E-state index in [0.29, 0.717) is 0 Å². The third kappa shape index (κ3) is 4.84. The summed E-state index contributed by atoms with van der Waals surface area (Å²) in [5.74, 6) is 0. The van der Waals surface area contributed by atoms with Gasteiger partial charge in [0, 0.05) is 17.1 Å². The average molecular weight is 438 g/mol. The molecule has 34 heavy (non-hydrogen) atoms. The zero-order valence-electron chi connectivity index (χ0n) is 19.3. The van der Waals surface area contributed by atoms with Crippen LogP contribution in [0.3, 0.4) is 0 Å². The second kappa shape index (κ2) is 10.1. The minimum atomic E-state index is 1.13. The van der Waals surface area contributed by atoms with Gasteiger partial charge in [0.25, 0.3) is 0 Å². The first-order chi connectivity index (χ1) is 16.8. The maximum atomic E-state index is 2.28. The predicted octanol–water partition coefficient (Wildman–Crippen LogP) is 9.05. The summed E-state index contributed by atoms with van der Waals surface area (Å²) in [6.45, 7) is 2.12. The first-order valence-corrected chi connectivity index (χ1v) is 11.6. The van der Waals surface area contributed by atoms with Gasteiger partial charge in [0.05, 0.1) is 0 Å². The van der Waals surface area contributed by atoms with Crippen molar-refractivity contribution >= 4 is 28.7 Å². The van der Waals surface area contributed by atoms with Crippen LogP contribution in [0.5, 0.6) is 0 Å². The van der Waals surface area contributed by atoms with Gasteiger partial charge in [-0.05, 0) is 71.7 Å². The van der Waals surface area contributed by atoms with Gasteiger partial charge >= 0.3 is 0 Å². The smallest absolute Gasteiger partial charge is 0.0462 e. The fourth-order valence-corrected chi connectivity index (χ4v) is 4.17. The van der Waals surface area contributed by atoms with E-state index in [1.165, 1.54) is 27.8 Å². The molecule has 5 aromatic carbocycles. The number of hydrogen-bond donors (Lipinski definition) is 0. The molecule has 164 valence electrons. The first kappa shape index (κ1) is 21.5. The number of para-hydroxylation sites is 2. The van der Waals surface area contributed by atoms with Crippen LogP contribution < -0.4 is 4.90 Å². The Bertz CT molecular complexity index is 1310. The molecule has 0 heterocycles. The molecule has 0 aromatic heterocycles. The number of anilines is 3. The summed E-state index contributed by atoms with van der Waals surface area (Å²) in [6.07, 6.45) is 2.28. The molecule has 5 rings (SSSR count).